The molecule has 35 heavy (non-hydrogen) atoms. The van der Waals surface area contributed by atoms with Crippen molar-refractivity contribution in [2.24, 2.45) is 0 Å². The van der Waals surface area contributed by atoms with E-state index in [0.717, 1.165) is 56.8 Å². The number of nitrogens with one attached hydrogen (secondary N) is 1. The summed E-state index contributed by atoms with van der Waals surface area (Å²) in [5, 5.41) is 2.50. The van der Waals surface area contributed by atoms with Crippen LogP contribution in [0.1, 0.15) is 17.5 Å². The van der Waals surface area contributed by atoms with Crippen LogP contribution in [0.15, 0.2) is 71.7 Å². The third kappa shape index (κ3) is 7.73. The molecule has 0 bridgehead atoms. The molecule has 1 amide bonds. The Kier molecular flexibility index (Phi) is 8.58. The molecule has 184 valence electrons. The maximum atomic E-state index is 13.1. The van der Waals surface area contributed by atoms with Gasteiger partial charge >= 0.3 is 11.8 Å². The number of piperazine rings is 1. The van der Waals surface area contributed by atoms with Crippen molar-refractivity contribution in [3.05, 3.63) is 94.3 Å². The van der Waals surface area contributed by atoms with E-state index >= 15 is 0 Å². The topological polar surface area (TPSA) is 79.7 Å². The van der Waals surface area contributed by atoms with Crippen LogP contribution >= 0.6 is 0 Å². The summed E-state index contributed by atoms with van der Waals surface area (Å²) >= 11 is 0. The molecule has 8 nitrogen and oxygen atoms in total. The lowest BCUT2D eigenvalue weighted by Gasteiger charge is -2.34. The molecular weight excluding hydrogens is 449 g/mol. The molecular formula is C26H30FN5O3. The summed E-state index contributed by atoms with van der Waals surface area (Å²) < 4.78 is 19.8. The van der Waals surface area contributed by atoms with E-state index in [1.807, 2.05) is 42.5 Å². The van der Waals surface area contributed by atoms with Gasteiger partial charge in [-0.25, -0.2) is 14.0 Å². The summed E-state index contributed by atoms with van der Waals surface area (Å²) in [5.41, 5.74) is 1.59. The van der Waals surface area contributed by atoms with Crippen LogP contribution in [0.3, 0.4) is 0 Å². The smallest absolute Gasteiger partial charge is 0.413 e. The molecule has 1 saturated heterocycles. The number of aromatic nitrogens is 2. The minimum absolute atomic E-state index is 0.143. The Balaban J connectivity index is 1.15. The molecule has 1 aliphatic heterocycles. The number of halogens is 1. The first kappa shape index (κ1) is 24.6. The molecule has 9 heteroatoms. The van der Waals surface area contributed by atoms with Crippen LogP contribution in [0.5, 0.6) is 0 Å². The second-order valence-corrected chi connectivity index (χ2v) is 8.57. The Morgan fingerprint density at radius 2 is 1.63 bits per heavy atom. The average Bonchev–Trinajstić information content (AvgIpc) is 2.87. The molecule has 0 radical (unpaired) electrons. The van der Waals surface area contributed by atoms with E-state index in [2.05, 4.69) is 20.1 Å². The van der Waals surface area contributed by atoms with E-state index < -0.39 is 11.8 Å². The van der Waals surface area contributed by atoms with Gasteiger partial charge in [0.15, 0.2) is 0 Å². The maximum absolute atomic E-state index is 13.1. The van der Waals surface area contributed by atoms with Gasteiger partial charge in [-0.3, -0.25) is 14.8 Å². The first-order valence-corrected chi connectivity index (χ1v) is 11.8. The van der Waals surface area contributed by atoms with Crippen LogP contribution in [0.4, 0.5) is 15.0 Å². The number of anilines is 1. The van der Waals surface area contributed by atoms with Gasteiger partial charge in [-0.05, 0) is 42.3 Å². The molecule has 0 atom stereocenters. The van der Waals surface area contributed by atoms with E-state index in [4.69, 9.17) is 4.74 Å². The predicted octanol–water partition coefficient (Wildman–Crippen LogP) is 3.34. The van der Waals surface area contributed by atoms with Gasteiger partial charge in [-0.1, -0.05) is 42.5 Å². The Morgan fingerprint density at radius 1 is 0.914 bits per heavy atom. The summed E-state index contributed by atoms with van der Waals surface area (Å²) in [7, 11) is 0. The zero-order valence-electron chi connectivity index (χ0n) is 19.6. The highest BCUT2D eigenvalue weighted by molar-refractivity contribution is 5.83. The van der Waals surface area contributed by atoms with Crippen LogP contribution in [-0.4, -0.2) is 58.2 Å². The summed E-state index contributed by atoms with van der Waals surface area (Å²) in [6.07, 6.45) is 1.81. The van der Waals surface area contributed by atoms with Crippen molar-refractivity contribution in [1.82, 2.24) is 19.4 Å². The van der Waals surface area contributed by atoms with Crippen molar-refractivity contribution < 1.29 is 13.9 Å². The zero-order valence-corrected chi connectivity index (χ0v) is 19.6. The summed E-state index contributed by atoms with van der Waals surface area (Å²) in [5.74, 6) is -0.0401. The van der Waals surface area contributed by atoms with Gasteiger partial charge in [-0.15, -0.1) is 0 Å². The summed E-state index contributed by atoms with van der Waals surface area (Å²) in [4.78, 5) is 33.0. The van der Waals surface area contributed by atoms with Crippen molar-refractivity contribution in [2.75, 3.05) is 38.0 Å². The second kappa shape index (κ2) is 12.2. The first-order valence-electron chi connectivity index (χ1n) is 11.8. The third-order valence-electron chi connectivity index (χ3n) is 5.97. The Labute approximate surface area is 204 Å². The minimum atomic E-state index is -0.655. The Bertz CT molecular complexity index is 1150. The van der Waals surface area contributed by atoms with Crippen LogP contribution in [-0.2, 0) is 24.4 Å². The highest BCUT2D eigenvalue weighted by atomic mass is 19.1. The molecule has 1 fully saturated rings. The van der Waals surface area contributed by atoms with Gasteiger partial charge in [-0.2, -0.15) is 4.98 Å². The Hall–Kier alpha value is -3.56. The van der Waals surface area contributed by atoms with E-state index in [9.17, 15) is 14.0 Å². The maximum Gasteiger partial charge on any atom is 0.413 e. The molecule has 1 N–H and O–H groups in total. The van der Waals surface area contributed by atoms with Crippen molar-refractivity contribution in [3.63, 3.8) is 0 Å². The van der Waals surface area contributed by atoms with E-state index in [0.29, 0.717) is 6.54 Å². The number of hydrogen-bond donors (Lipinski definition) is 1. The van der Waals surface area contributed by atoms with Crippen LogP contribution in [0.2, 0.25) is 0 Å². The van der Waals surface area contributed by atoms with Gasteiger partial charge in [0.25, 0.3) is 0 Å². The molecule has 0 saturated carbocycles. The monoisotopic (exact) mass is 479 g/mol. The van der Waals surface area contributed by atoms with Crippen LogP contribution in [0, 0.1) is 5.82 Å². The van der Waals surface area contributed by atoms with Gasteiger partial charge < -0.3 is 9.64 Å². The lowest BCUT2D eigenvalue weighted by Crippen LogP contribution is -2.46. The number of benzene rings is 2. The number of nitrogens with zero attached hydrogens (tertiary/aromatic N) is 4. The standard InChI is InChI=1S/C26H30FN5O3/c27-23-9-7-21(8-10-23)19-31-17-15-30(16-18-31)12-4-13-32-14-11-24(28-25(32)33)29-26(34)35-20-22-5-2-1-3-6-22/h1-3,5-11,14H,4,12-13,15-20H2,(H,28,29,33,34). The third-order valence-corrected chi connectivity index (χ3v) is 5.97. The quantitative estimate of drug-likeness (QED) is 0.507. The van der Waals surface area contributed by atoms with Crippen molar-refractivity contribution in [3.8, 4) is 0 Å². The van der Waals surface area contributed by atoms with Crippen LogP contribution in [0.25, 0.3) is 0 Å². The lowest BCUT2D eigenvalue weighted by molar-refractivity contribution is 0.125. The van der Waals surface area contributed by atoms with Crippen molar-refractivity contribution in [2.45, 2.75) is 26.1 Å². The fourth-order valence-corrected chi connectivity index (χ4v) is 4.02. The Morgan fingerprint density at radius 3 is 2.34 bits per heavy atom. The highest BCUT2D eigenvalue weighted by Crippen LogP contribution is 2.10. The lowest BCUT2D eigenvalue weighted by atomic mass is 10.2. The average molecular weight is 480 g/mol. The molecule has 0 unspecified atom stereocenters. The van der Waals surface area contributed by atoms with Crippen molar-refractivity contribution >= 4 is 11.9 Å². The molecule has 0 aliphatic carbocycles. The number of carbonyl (C=O) groups excluding carboxylic acids is 1. The number of carbonyl (C=O) groups is 1. The molecule has 1 aromatic heterocycles. The van der Waals surface area contributed by atoms with E-state index in [-0.39, 0.29) is 18.2 Å². The summed E-state index contributed by atoms with van der Waals surface area (Å²) in [6.45, 7) is 6.26. The minimum Gasteiger partial charge on any atom is -0.444 e. The van der Waals surface area contributed by atoms with Crippen molar-refractivity contribution in [1.29, 1.82) is 0 Å². The SMILES string of the molecule is O=C(Nc1ccn(CCCN2CCN(Cc3ccc(F)cc3)CC2)c(=O)n1)OCc1ccccc1. The largest absolute Gasteiger partial charge is 0.444 e. The number of ether oxygens (including phenoxy) is 1. The molecule has 1 aliphatic rings. The highest BCUT2D eigenvalue weighted by Gasteiger charge is 2.16. The number of amides is 1. The van der Waals surface area contributed by atoms with Gasteiger partial charge in [0, 0.05) is 45.5 Å². The molecule has 0 spiro atoms. The van der Waals surface area contributed by atoms with Crippen LogP contribution < -0.4 is 11.0 Å². The predicted molar refractivity (Wildman–Crippen MR) is 131 cm³/mol. The molecule has 3 aromatic rings. The first-order chi connectivity index (χ1) is 17.0. The van der Waals surface area contributed by atoms with Gasteiger partial charge in [0.05, 0.1) is 0 Å². The zero-order chi connectivity index (χ0) is 24.5. The fraction of sp³-hybridized carbons (Fsp3) is 0.346. The number of aryl methyl sites for hydroxylation is 1. The number of rotatable bonds is 9. The molecule has 4 rings (SSSR count). The van der Waals surface area contributed by atoms with Gasteiger partial charge in [0.1, 0.15) is 18.2 Å². The molecule has 2 heterocycles. The van der Waals surface area contributed by atoms with E-state index in [1.165, 1.54) is 12.1 Å². The second-order valence-electron chi connectivity index (χ2n) is 8.57. The fourth-order valence-electron chi connectivity index (χ4n) is 4.02. The molecule has 2 aromatic carbocycles. The van der Waals surface area contributed by atoms with Gasteiger partial charge in [0.2, 0.25) is 0 Å². The normalized spacial score (nSPS) is 14.5. The van der Waals surface area contributed by atoms with E-state index in [1.54, 1.807) is 16.8 Å². The number of hydrogen-bond acceptors (Lipinski definition) is 6. The summed E-state index contributed by atoms with van der Waals surface area (Å²) in [6, 6.07) is 17.6.